The molecule has 0 aliphatic rings. The molecular weight excluding hydrogens is 710 g/mol. The van der Waals surface area contributed by atoms with Gasteiger partial charge in [0.1, 0.15) is 5.69 Å². The number of alkyl halides is 1. The van der Waals surface area contributed by atoms with Gasteiger partial charge in [-0.25, -0.2) is 0 Å². The summed E-state index contributed by atoms with van der Waals surface area (Å²) < 4.78 is 16.4. The summed E-state index contributed by atoms with van der Waals surface area (Å²) in [6, 6.07) is 2.67. The summed E-state index contributed by atoms with van der Waals surface area (Å²) in [4.78, 5) is 73.5. The van der Waals surface area contributed by atoms with E-state index in [0.29, 0.717) is 85.0 Å². The van der Waals surface area contributed by atoms with E-state index >= 15 is 0 Å². The second-order valence-electron chi connectivity index (χ2n) is 11.5. The number of quaternary nitrogens is 1. The third-order valence-electron chi connectivity index (χ3n) is 7.32. The van der Waals surface area contributed by atoms with Crippen LogP contribution in [0.5, 0.6) is 0 Å². The van der Waals surface area contributed by atoms with Crippen molar-refractivity contribution in [3.63, 3.8) is 0 Å². The summed E-state index contributed by atoms with van der Waals surface area (Å²) in [7, 11) is 0. The Bertz CT molecular complexity index is 1330. The van der Waals surface area contributed by atoms with Crippen LogP contribution >= 0.6 is 11.6 Å². The smallest absolute Gasteiger partial charge is 0.299 e. The van der Waals surface area contributed by atoms with Gasteiger partial charge in [0.15, 0.2) is 23.6 Å². The van der Waals surface area contributed by atoms with Crippen LogP contribution in [0.2, 0.25) is 0 Å². The molecule has 1 aromatic rings. The van der Waals surface area contributed by atoms with Gasteiger partial charge in [0.25, 0.3) is 17.3 Å². The monoisotopic (exact) mass is 760 g/mol. The first-order chi connectivity index (χ1) is 24.8. The molecule has 292 valence electrons. The number of hydrogen-bond donors (Lipinski definition) is 6. The van der Waals surface area contributed by atoms with E-state index in [2.05, 4.69) is 26.7 Å². The molecule has 0 aliphatic carbocycles. The molecule has 21 heteroatoms. The second kappa shape index (κ2) is 27.2. The number of rotatable bonds is 31. The van der Waals surface area contributed by atoms with Crippen LogP contribution in [0, 0.1) is 26.1 Å². The molecule has 0 bridgehead atoms. The molecule has 0 saturated heterocycles. The van der Waals surface area contributed by atoms with Crippen molar-refractivity contribution in [1.29, 1.82) is 0 Å². The highest BCUT2D eigenvalue weighted by atomic mass is 35.5. The number of nitro groups is 2. The van der Waals surface area contributed by atoms with Crippen molar-refractivity contribution in [2.75, 3.05) is 77.0 Å². The zero-order valence-corrected chi connectivity index (χ0v) is 29.9. The molecule has 0 aliphatic heterocycles. The maximum atomic E-state index is 12.4. The molecule has 0 unspecified atom stereocenters. The van der Waals surface area contributed by atoms with Crippen LogP contribution in [0.25, 0.3) is 0 Å². The largest absolute Gasteiger partial charge is 0.379 e. The van der Waals surface area contributed by atoms with E-state index in [9.17, 15) is 39.4 Å². The van der Waals surface area contributed by atoms with Gasteiger partial charge < -0.3 is 47.4 Å². The minimum atomic E-state index is -0.746. The molecule has 0 spiro atoms. The minimum Gasteiger partial charge on any atom is -0.379 e. The first kappa shape index (κ1) is 45.5. The molecule has 1 rings (SSSR count). The molecule has 0 aromatic heterocycles. The number of hydrogen-bond acceptors (Lipinski definition) is 13. The molecule has 0 saturated carbocycles. The Balaban J connectivity index is 2.05. The van der Waals surface area contributed by atoms with Gasteiger partial charge in [-0.3, -0.25) is 44.4 Å². The standard InChI is InChI=1S/C31H50ClN9O11/c32-20-28(43)22(4-1-9-38-31(34)35)18-24(42)21-39-30(45)25(33)6-8-29(44)37-11-3-13-51-15-17-52-16-14-50-12-2-10-36-26-7-5-23(40(46)47)19-27(26)41(48)49/h5,7,19,22,25,36H,1-4,6,8-18,20-21,33H2,(H,37,44)(H,39,45)(H4,34,35,38)/p+1/t22-,25+/m1/s1. The third-order valence-corrected chi connectivity index (χ3v) is 7.58. The lowest BCUT2D eigenvalue weighted by atomic mass is 9.93. The van der Waals surface area contributed by atoms with Gasteiger partial charge in [-0.15, -0.1) is 11.6 Å². The molecule has 20 nitrogen and oxygen atoms in total. The summed E-state index contributed by atoms with van der Waals surface area (Å²) in [5.74, 6) is -2.19. The van der Waals surface area contributed by atoms with E-state index in [-0.39, 0.29) is 72.2 Å². The summed E-state index contributed by atoms with van der Waals surface area (Å²) in [5.41, 5.74) is 13.8. The van der Waals surface area contributed by atoms with Gasteiger partial charge in [0.05, 0.1) is 54.8 Å². The zero-order valence-electron chi connectivity index (χ0n) is 29.2. The fraction of sp³-hybridized carbons (Fsp3) is 0.645. The maximum absolute atomic E-state index is 12.4. The second-order valence-corrected chi connectivity index (χ2v) is 11.7. The summed E-state index contributed by atoms with van der Waals surface area (Å²) >= 11 is 5.67. The van der Waals surface area contributed by atoms with Crippen molar-refractivity contribution in [2.24, 2.45) is 22.4 Å². The fourth-order valence-corrected chi connectivity index (χ4v) is 4.73. The number of aliphatic imine (C=N–C) groups is 1. The molecule has 0 radical (unpaired) electrons. The quantitative estimate of drug-likeness (QED) is 0.0143. The number of Topliss-reactive ketones (excluding diaryl/α,β-unsaturated/α-hetero) is 2. The molecular formula is C31H51ClN9O11+. The molecule has 2 atom stereocenters. The van der Waals surface area contributed by atoms with Crippen LogP contribution in [0.15, 0.2) is 23.2 Å². The SMILES string of the molecule is NC(N)=NCCC[C@H](CC(=O)CNC(=O)[C@@H]([NH3+])CCC(=O)NCCCOCCOCCOCCCNc1ccc([N+](=O)[O-])cc1[N+](=O)[O-])C(=O)CCl. The van der Waals surface area contributed by atoms with Crippen LogP contribution < -0.4 is 33.2 Å². The van der Waals surface area contributed by atoms with E-state index in [0.717, 1.165) is 6.07 Å². The van der Waals surface area contributed by atoms with Crippen LogP contribution in [0.1, 0.15) is 44.9 Å². The van der Waals surface area contributed by atoms with Crippen LogP contribution in [0.4, 0.5) is 17.1 Å². The summed E-state index contributed by atoms with van der Waals surface area (Å²) in [6.45, 7) is 3.01. The number of nitrogens with one attached hydrogen (secondary N) is 3. The molecule has 2 amide bonds. The number of nitrogens with zero attached hydrogens (tertiary/aromatic N) is 3. The summed E-state index contributed by atoms with van der Waals surface area (Å²) in [6.07, 6.45) is 2.19. The Morgan fingerprint density at radius 3 is 2.12 bits per heavy atom. The third kappa shape index (κ3) is 21.0. The minimum absolute atomic E-state index is 0.0602. The van der Waals surface area contributed by atoms with Crippen molar-refractivity contribution >= 4 is 58.0 Å². The van der Waals surface area contributed by atoms with Crippen molar-refractivity contribution in [1.82, 2.24) is 10.6 Å². The van der Waals surface area contributed by atoms with Gasteiger partial charge in [-0.1, -0.05) is 0 Å². The lowest BCUT2D eigenvalue weighted by Crippen LogP contribution is -2.67. The highest BCUT2D eigenvalue weighted by Crippen LogP contribution is 2.28. The number of carbonyl (C=O) groups is 4. The highest BCUT2D eigenvalue weighted by Gasteiger charge is 2.23. The number of non-ortho nitro benzene ring substituents is 1. The number of nitro benzene ring substituents is 2. The number of halogens is 1. The zero-order chi connectivity index (χ0) is 38.7. The van der Waals surface area contributed by atoms with E-state index < -0.39 is 27.7 Å². The maximum Gasteiger partial charge on any atom is 0.299 e. The highest BCUT2D eigenvalue weighted by molar-refractivity contribution is 6.28. The van der Waals surface area contributed by atoms with Crippen molar-refractivity contribution in [3.05, 3.63) is 38.4 Å². The number of ketones is 2. The van der Waals surface area contributed by atoms with Gasteiger partial charge in [0, 0.05) is 64.1 Å². The van der Waals surface area contributed by atoms with E-state index in [1.165, 1.54) is 12.1 Å². The van der Waals surface area contributed by atoms with Crippen LogP contribution in [-0.2, 0) is 33.4 Å². The Hall–Kier alpha value is -4.50. The van der Waals surface area contributed by atoms with E-state index in [4.69, 9.17) is 37.3 Å². The molecule has 0 heterocycles. The van der Waals surface area contributed by atoms with Crippen LogP contribution in [-0.4, -0.2) is 117 Å². The lowest BCUT2D eigenvalue weighted by molar-refractivity contribution is -0.404. The fourth-order valence-electron chi connectivity index (χ4n) is 4.51. The van der Waals surface area contributed by atoms with Gasteiger partial charge in [-0.05, 0) is 31.7 Å². The first-order valence-corrected chi connectivity index (χ1v) is 17.3. The molecule has 10 N–H and O–H groups in total. The van der Waals surface area contributed by atoms with E-state index in [1.807, 2.05) is 0 Å². The van der Waals surface area contributed by atoms with Gasteiger partial charge in [0.2, 0.25) is 5.91 Å². The Morgan fingerprint density at radius 2 is 1.52 bits per heavy atom. The van der Waals surface area contributed by atoms with E-state index in [1.54, 1.807) is 0 Å². The van der Waals surface area contributed by atoms with Crippen LogP contribution in [0.3, 0.4) is 0 Å². The Morgan fingerprint density at radius 1 is 0.885 bits per heavy atom. The van der Waals surface area contributed by atoms with Gasteiger partial charge in [-0.2, -0.15) is 0 Å². The predicted octanol–water partition coefficient (Wildman–Crippen LogP) is -0.195. The Labute approximate surface area is 306 Å². The number of nitrogens with two attached hydrogens (primary N) is 2. The van der Waals surface area contributed by atoms with Crippen molar-refractivity contribution in [2.45, 2.75) is 51.0 Å². The molecule has 1 aromatic carbocycles. The number of ether oxygens (including phenoxy) is 3. The number of carbonyl (C=O) groups excluding carboxylic acids is 4. The number of benzene rings is 1. The van der Waals surface area contributed by atoms with Crippen molar-refractivity contribution in [3.8, 4) is 0 Å². The topological polar surface area (TPSA) is 310 Å². The average molecular weight is 761 g/mol. The molecule has 0 fully saturated rings. The van der Waals surface area contributed by atoms with Gasteiger partial charge >= 0.3 is 0 Å². The molecule has 52 heavy (non-hydrogen) atoms. The average Bonchev–Trinajstić information content (AvgIpc) is 3.11. The normalized spacial score (nSPS) is 12.0. The first-order valence-electron chi connectivity index (χ1n) is 16.8. The number of anilines is 1. The predicted molar refractivity (Wildman–Crippen MR) is 191 cm³/mol. The van der Waals surface area contributed by atoms with Crippen molar-refractivity contribution < 1.29 is 49.0 Å². The number of amides is 2. The number of guanidine groups is 1. The Kier molecular flexibility index (Phi) is 23.8. The summed E-state index contributed by atoms with van der Waals surface area (Å²) in [5, 5.41) is 30.1. The lowest BCUT2D eigenvalue weighted by Gasteiger charge is -2.14.